The molecule has 0 fully saturated rings. The Labute approximate surface area is 97.0 Å². The molecule has 0 heterocycles. The average molecular weight is 214 g/mol. The number of Topliss-reactive ketones (excluding diaryl/α,β-unsaturated/α-hetero) is 1. The van der Waals surface area contributed by atoms with Crippen LogP contribution < -0.4 is 0 Å². The predicted molar refractivity (Wildman–Crippen MR) is 71.2 cm³/mol. The maximum absolute atomic E-state index is 9.44. The van der Waals surface area contributed by atoms with Crippen LogP contribution in [0.25, 0.3) is 0 Å². The monoisotopic (exact) mass is 214 g/mol. The third-order valence-corrected chi connectivity index (χ3v) is 0.612. The number of allylic oxidation sites excluding steroid dienone is 2. The fraction of sp³-hybridized carbons (Fsp3) is 0.786. The van der Waals surface area contributed by atoms with Gasteiger partial charge in [-0.1, -0.05) is 46.3 Å². The van der Waals surface area contributed by atoms with E-state index in [2.05, 4.69) is 54.5 Å². The van der Waals surface area contributed by atoms with Crippen molar-refractivity contribution in [1.29, 1.82) is 0 Å². The van der Waals surface area contributed by atoms with Crippen molar-refractivity contribution in [2.24, 2.45) is 5.41 Å². The quantitative estimate of drug-likeness (QED) is 0.561. The number of hydrogen-bond donors (Lipinski definition) is 0. The molecule has 0 aliphatic rings. The Morgan fingerprint density at radius 3 is 1.20 bits per heavy atom. The van der Waals surface area contributed by atoms with E-state index in [9.17, 15) is 4.79 Å². The zero-order valence-electron chi connectivity index (χ0n) is 12.2. The molecular formula is C14H30O. The Kier molecular flexibility index (Phi) is 15.2. The van der Waals surface area contributed by atoms with Crippen molar-refractivity contribution >= 4 is 5.78 Å². The summed E-state index contributed by atoms with van der Waals surface area (Å²) in [6.45, 7) is 18.2. The molecule has 0 spiro atoms. The second kappa shape index (κ2) is 11.5. The van der Waals surface area contributed by atoms with Gasteiger partial charge in [0.05, 0.1) is 0 Å². The van der Waals surface area contributed by atoms with Gasteiger partial charge >= 0.3 is 0 Å². The molecule has 0 saturated carbocycles. The Morgan fingerprint density at radius 2 is 1.20 bits per heavy atom. The van der Waals surface area contributed by atoms with Crippen LogP contribution in [0.15, 0.2) is 11.6 Å². The lowest BCUT2D eigenvalue weighted by Gasteiger charge is -2.05. The van der Waals surface area contributed by atoms with Gasteiger partial charge in [-0.05, 0) is 39.5 Å². The maximum atomic E-state index is 9.44. The molecule has 0 amide bonds. The highest BCUT2D eigenvalue weighted by atomic mass is 16.1. The first-order valence-electron chi connectivity index (χ1n) is 5.61. The summed E-state index contributed by atoms with van der Waals surface area (Å²) in [5, 5.41) is 0. The van der Waals surface area contributed by atoms with Gasteiger partial charge in [-0.25, -0.2) is 0 Å². The van der Waals surface area contributed by atoms with Gasteiger partial charge in [0, 0.05) is 0 Å². The largest absolute Gasteiger partial charge is 0.300 e. The van der Waals surface area contributed by atoms with Crippen molar-refractivity contribution in [1.82, 2.24) is 0 Å². The molecule has 1 heteroatoms. The molecule has 0 unspecified atom stereocenters. The summed E-state index contributed by atoms with van der Waals surface area (Å²) in [4.78, 5) is 9.44. The molecule has 1 nitrogen and oxygen atoms in total. The standard InChI is InChI=1S/C6H12.C5H12.C3H6O/c1-4-5-6(2)3;1-5(2,3)4;1-3(2)4/h5H,4H2,1-3H3;1-4H3;1-2H3. The lowest BCUT2D eigenvalue weighted by molar-refractivity contribution is -0.114. The summed E-state index contributed by atoms with van der Waals surface area (Å²) < 4.78 is 0. The number of rotatable bonds is 1. The van der Waals surface area contributed by atoms with Crippen LogP contribution in [0.2, 0.25) is 0 Å². The first kappa shape index (κ1) is 19.9. The fourth-order valence-corrected chi connectivity index (χ4v) is 0.408. The minimum absolute atomic E-state index is 0.167. The minimum Gasteiger partial charge on any atom is -0.300 e. The van der Waals surface area contributed by atoms with E-state index in [1.54, 1.807) is 0 Å². The summed E-state index contributed by atoms with van der Waals surface area (Å²) >= 11 is 0. The normalized spacial score (nSPS) is 8.87. The van der Waals surface area contributed by atoms with E-state index in [1.165, 1.54) is 25.8 Å². The SMILES string of the molecule is CC(C)(C)C.CC(C)=O.CCC=C(C)C. The molecule has 0 N–H and O–H groups in total. The molecule has 0 rings (SSSR count). The third-order valence-electron chi connectivity index (χ3n) is 0.612. The predicted octanol–water partition coefficient (Wildman–Crippen LogP) is 5.01. The third kappa shape index (κ3) is 301. The summed E-state index contributed by atoms with van der Waals surface area (Å²) in [5.74, 6) is 0.167. The first-order valence-corrected chi connectivity index (χ1v) is 5.61. The van der Waals surface area contributed by atoms with Gasteiger partial charge in [-0.2, -0.15) is 0 Å². The lowest BCUT2D eigenvalue weighted by Crippen LogP contribution is -1.93. The molecule has 0 radical (unpaired) electrons. The highest BCUT2D eigenvalue weighted by Gasteiger charge is 1.95. The molecule has 0 aromatic carbocycles. The summed E-state index contributed by atoms with van der Waals surface area (Å²) in [5.41, 5.74) is 1.91. The van der Waals surface area contributed by atoms with Crippen LogP contribution in [0.1, 0.15) is 68.7 Å². The van der Waals surface area contributed by atoms with Gasteiger partial charge in [-0.15, -0.1) is 0 Å². The van der Waals surface area contributed by atoms with Crippen molar-refractivity contribution < 1.29 is 4.79 Å². The Balaban J connectivity index is -0.000000147. The van der Waals surface area contributed by atoms with Crippen molar-refractivity contribution in [2.75, 3.05) is 0 Å². The molecule has 15 heavy (non-hydrogen) atoms. The summed E-state index contributed by atoms with van der Waals surface area (Å²) in [7, 11) is 0. The average Bonchev–Trinajstić information content (AvgIpc) is 1.79. The van der Waals surface area contributed by atoms with E-state index in [4.69, 9.17) is 0 Å². The first-order chi connectivity index (χ1) is 6.50. The Bertz CT molecular complexity index is 156. The zero-order valence-corrected chi connectivity index (χ0v) is 12.2. The molecule has 92 valence electrons. The van der Waals surface area contributed by atoms with Gasteiger partial charge in [0.2, 0.25) is 0 Å². The van der Waals surface area contributed by atoms with Crippen LogP contribution >= 0.6 is 0 Å². The van der Waals surface area contributed by atoms with Crippen LogP contribution in [0, 0.1) is 5.41 Å². The molecule has 0 atom stereocenters. The van der Waals surface area contributed by atoms with E-state index in [1.807, 2.05) is 0 Å². The van der Waals surface area contributed by atoms with Crippen molar-refractivity contribution in [3.05, 3.63) is 11.6 Å². The highest BCUT2D eigenvalue weighted by molar-refractivity contribution is 5.72. The maximum Gasteiger partial charge on any atom is 0.126 e. The second-order valence-corrected chi connectivity index (χ2v) is 5.60. The second-order valence-electron chi connectivity index (χ2n) is 5.60. The Morgan fingerprint density at radius 1 is 1.00 bits per heavy atom. The zero-order chi connectivity index (χ0) is 13.1. The topological polar surface area (TPSA) is 17.1 Å². The van der Waals surface area contributed by atoms with Gasteiger partial charge in [0.1, 0.15) is 5.78 Å². The minimum atomic E-state index is 0.167. The van der Waals surface area contributed by atoms with E-state index in [0.717, 1.165) is 0 Å². The van der Waals surface area contributed by atoms with Gasteiger partial charge in [-0.3, -0.25) is 0 Å². The van der Waals surface area contributed by atoms with Gasteiger partial charge in [0.25, 0.3) is 0 Å². The highest BCUT2D eigenvalue weighted by Crippen LogP contribution is 2.08. The summed E-state index contributed by atoms with van der Waals surface area (Å²) in [6.07, 6.45) is 3.38. The number of ketones is 1. The molecule has 0 saturated heterocycles. The van der Waals surface area contributed by atoms with Crippen molar-refractivity contribution in [3.63, 3.8) is 0 Å². The van der Waals surface area contributed by atoms with Crippen LogP contribution in [-0.4, -0.2) is 5.78 Å². The molecule has 0 aromatic heterocycles. The van der Waals surface area contributed by atoms with Crippen LogP contribution in [0.5, 0.6) is 0 Å². The molecule has 0 aromatic rings. The molecule has 0 bridgehead atoms. The molecule has 0 aliphatic carbocycles. The van der Waals surface area contributed by atoms with Crippen LogP contribution in [-0.2, 0) is 4.79 Å². The van der Waals surface area contributed by atoms with Crippen molar-refractivity contribution in [2.45, 2.75) is 68.7 Å². The smallest absolute Gasteiger partial charge is 0.126 e. The van der Waals surface area contributed by atoms with E-state index in [-0.39, 0.29) is 5.78 Å². The molecule has 0 aliphatic heterocycles. The summed E-state index contributed by atoms with van der Waals surface area (Å²) in [6, 6.07) is 0. The van der Waals surface area contributed by atoms with Gasteiger partial charge < -0.3 is 4.79 Å². The number of hydrogen-bond acceptors (Lipinski definition) is 1. The lowest BCUT2D eigenvalue weighted by atomic mass is 10.0. The van der Waals surface area contributed by atoms with E-state index >= 15 is 0 Å². The fourth-order valence-electron chi connectivity index (χ4n) is 0.408. The van der Waals surface area contributed by atoms with Crippen LogP contribution in [0.4, 0.5) is 0 Å². The van der Waals surface area contributed by atoms with E-state index < -0.39 is 0 Å². The number of carbonyl (C=O) groups excluding carboxylic acids is 1. The van der Waals surface area contributed by atoms with Crippen molar-refractivity contribution in [3.8, 4) is 0 Å². The Hall–Kier alpha value is -0.590. The molecular weight excluding hydrogens is 184 g/mol. The van der Waals surface area contributed by atoms with Crippen LogP contribution in [0.3, 0.4) is 0 Å². The van der Waals surface area contributed by atoms with E-state index in [0.29, 0.717) is 5.41 Å². The number of carbonyl (C=O) groups is 1. The van der Waals surface area contributed by atoms with Gasteiger partial charge in [0.15, 0.2) is 0 Å².